The van der Waals surface area contributed by atoms with E-state index in [1.807, 2.05) is 0 Å². The Morgan fingerprint density at radius 2 is 2.00 bits per heavy atom. The lowest BCUT2D eigenvalue weighted by Crippen LogP contribution is -2.31. The molecule has 1 saturated heterocycles. The van der Waals surface area contributed by atoms with Crippen LogP contribution in [0.2, 0.25) is 0 Å². The molecule has 1 fully saturated rings. The molecule has 9 nitrogen and oxygen atoms in total. The summed E-state index contributed by atoms with van der Waals surface area (Å²) in [5, 5.41) is 7.08. The van der Waals surface area contributed by atoms with Crippen molar-refractivity contribution in [3.8, 4) is 18.0 Å². The highest BCUT2D eigenvalue weighted by Crippen LogP contribution is 2.29. The predicted molar refractivity (Wildman–Crippen MR) is 128 cm³/mol. The van der Waals surface area contributed by atoms with E-state index in [9.17, 15) is 18.0 Å². The van der Waals surface area contributed by atoms with Gasteiger partial charge < -0.3 is 20.1 Å². The monoisotopic (exact) mass is 531 g/mol. The fraction of sp³-hybridized carbons (Fsp3) is 0.652. The average molecular weight is 532 g/mol. The second-order valence-corrected chi connectivity index (χ2v) is 9.36. The van der Waals surface area contributed by atoms with E-state index in [2.05, 4.69) is 37.7 Å². The van der Waals surface area contributed by atoms with Gasteiger partial charge in [-0.15, -0.1) is 12.8 Å². The molecule has 2 N–H and O–H groups in total. The number of halogens is 3. The molecule has 0 saturated carbocycles. The van der Waals surface area contributed by atoms with Gasteiger partial charge >= 0.3 is 6.18 Å². The molecule has 1 amide bonds. The van der Waals surface area contributed by atoms with Crippen molar-refractivity contribution in [1.82, 2.24) is 20.2 Å². The highest BCUT2D eigenvalue weighted by molar-refractivity contribution is 7.13. The minimum absolute atomic E-state index is 0.0926. The van der Waals surface area contributed by atoms with Gasteiger partial charge in [0.2, 0.25) is 5.91 Å². The van der Waals surface area contributed by atoms with Gasteiger partial charge in [0.25, 0.3) is 5.19 Å². The van der Waals surface area contributed by atoms with E-state index in [0.717, 1.165) is 62.5 Å². The summed E-state index contributed by atoms with van der Waals surface area (Å²) in [6.07, 6.45) is 10.4. The molecule has 0 bridgehead atoms. The molecule has 4 rings (SSSR count). The zero-order valence-electron chi connectivity index (χ0n) is 20.3. The number of rotatable bonds is 7. The molecule has 0 unspecified atom stereocenters. The van der Waals surface area contributed by atoms with Crippen LogP contribution in [0.1, 0.15) is 47.6 Å². The van der Waals surface area contributed by atoms with Gasteiger partial charge in [-0.05, 0) is 39.0 Å². The number of nitrogens with two attached hydrogens (primary N) is 1. The zero-order chi connectivity index (χ0) is 26.6. The Morgan fingerprint density at radius 3 is 2.61 bits per heavy atom. The summed E-state index contributed by atoms with van der Waals surface area (Å²) in [6.45, 7) is 4.13. The predicted octanol–water partition coefficient (Wildman–Crippen LogP) is 3.10. The number of carbonyl (C=O) groups is 1. The van der Waals surface area contributed by atoms with Crippen LogP contribution in [-0.4, -0.2) is 71.2 Å². The van der Waals surface area contributed by atoms with E-state index in [1.165, 1.54) is 24.2 Å². The van der Waals surface area contributed by atoms with Crippen molar-refractivity contribution >= 4 is 17.2 Å². The van der Waals surface area contributed by atoms with E-state index in [4.69, 9.17) is 15.2 Å². The van der Waals surface area contributed by atoms with Crippen molar-refractivity contribution in [1.29, 1.82) is 0 Å². The molecular weight excluding hydrogens is 499 g/mol. The topological polar surface area (TPSA) is 117 Å². The lowest BCUT2D eigenvalue weighted by atomic mass is 10.1. The lowest BCUT2D eigenvalue weighted by Gasteiger charge is -2.26. The van der Waals surface area contributed by atoms with Crippen LogP contribution in [0.25, 0.3) is 0 Å². The maximum Gasteiger partial charge on any atom is 0.422 e. The third-order valence-electron chi connectivity index (χ3n) is 5.57. The molecule has 2 aliphatic heterocycles. The molecule has 200 valence electrons. The first-order valence-electron chi connectivity index (χ1n) is 11.6. The van der Waals surface area contributed by atoms with E-state index < -0.39 is 18.7 Å². The summed E-state index contributed by atoms with van der Waals surface area (Å²) in [5.74, 6) is -0.432. The first-order valence-corrected chi connectivity index (χ1v) is 12.4. The first-order chi connectivity index (χ1) is 17.2. The summed E-state index contributed by atoms with van der Waals surface area (Å²) in [5.41, 5.74) is 6.92. The Morgan fingerprint density at radius 1 is 1.25 bits per heavy atom. The molecule has 1 atom stereocenters. The Hall–Kier alpha value is -2.69. The van der Waals surface area contributed by atoms with Gasteiger partial charge in [0.15, 0.2) is 6.61 Å². The first kappa shape index (κ1) is 29.5. The summed E-state index contributed by atoms with van der Waals surface area (Å²) >= 11 is 1.25. The zero-order valence-corrected chi connectivity index (χ0v) is 21.1. The number of hydrogen-bond donors (Lipinski definition) is 1. The van der Waals surface area contributed by atoms with E-state index in [0.29, 0.717) is 17.5 Å². The van der Waals surface area contributed by atoms with Gasteiger partial charge in [0.1, 0.15) is 11.4 Å². The standard InChI is InChI=1S/C16H23F3N2O2S.C5H7N3O2.C2H2/c17-16(18,19)11-23-15-20-13-5-8-21(9-6-14(13)24-15)7-4-12-3-1-2-10-22-12;1-3-4(2-5(6)9)8-10-7-3;1-2/h12H,1-11H2;2H2,1H3,(H2,6,9);1-2H/t12-;;/m1../s1. The fourth-order valence-electron chi connectivity index (χ4n) is 3.75. The summed E-state index contributed by atoms with van der Waals surface area (Å²) in [6, 6.07) is 0. The van der Waals surface area contributed by atoms with Gasteiger partial charge in [-0.25, -0.2) is 9.61 Å². The molecule has 0 spiro atoms. The Kier molecular flexibility index (Phi) is 12.1. The number of ether oxygens (including phenoxy) is 2. The van der Waals surface area contributed by atoms with Gasteiger partial charge in [0, 0.05) is 37.5 Å². The maximum absolute atomic E-state index is 12.2. The second-order valence-electron chi connectivity index (χ2n) is 8.31. The van der Waals surface area contributed by atoms with Gasteiger partial charge in [-0.2, -0.15) is 13.2 Å². The molecule has 2 aliphatic rings. The Balaban J connectivity index is 0.000000318. The number of primary amides is 1. The summed E-state index contributed by atoms with van der Waals surface area (Å²) < 4.78 is 51.5. The Labute approximate surface area is 212 Å². The molecule has 0 aromatic carbocycles. The number of nitrogens with zero attached hydrogens (tertiary/aromatic N) is 4. The minimum atomic E-state index is -4.32. The number of aryl methyl sites for hydroxylation is 1. The smallest absolute Gasteiger partial charge is 0.422 e. The number of thiazole rings is 1. The highest BCUT2D eigenvalue weighted by Gasteiger charge is 2.29. The molecule has 13 heteroatoms. The van der Waals surface area contributed by atoms with Crippen LogP contribution in [0.3, 0.4) is 0 Å². The quantitative estimate of drug-likeness (QED) is 0.542. The fourth-order valence-corrected chi connectivity index (χ4v) is 4.69. The molecule has 2 aromatic heterocycles. The van der Waals surface area contributed by atoms with Crippen molar-refractivity contribution in [3.05, 3.63) is 22.0 Å². The SMILES string of the molecule is C#C.Cc1nonc1CC(N)=O.FC(F)(F)COc1nc2c(s1)CCN(CC[C@H]1CCCCO1)CC2. The molecule has 0 radical (unpaired) electrons. The number of alkyl halides is 3. The number of fused-ring (bicyclic) bond motifs is 1. The third-order valence-corrected chi connectivity index (χ3v) is 6.64. The Bertz CT molecular complexity index is 932. The largest absolute Gasteiger partial charge is 0.460 e. The average Bonchev–Trinajstić information content (AvgIpc) is 3.38. The van der Waals surface area contributed by atoms with Crippen LogP contribution in [0.4, 0.5) is 13.2 Å². The normalized spacial score (nSPS) is 18.0. The van der Waals surface area contributed by atoms with E-state index in [-0.39, 0.29) is 11.6 Å². The number of aromatic nitrogens is 3. The van der Waals surface area contributed by atoms with Crippen molar-refractivity contribution < 1.29 is 32.1 Å². The van der Waals surface area contributed by atoms with Crippen LogP contribution in [0.15, 0.2) is 4.63 Å². The maximum atomic E-state index is 12.2. The van der Waals surface area contributed by atoms with E-state index in [1.54, 1.807) is 6.92 Å². The highest BCUT2D eigenvalue weighted by atomic mass is 32.1. The lowest BCUT2D eigenvalue weighted by molar-refractivity contribution is -0.153. The van der Waals surface area contributed by atoms with Crippen LogP contribution >= 0.6 is 11.3 Å². The third kappa shape index (κ3) is 10.5. The number of hydrogen-bond acceptors (Lipinski definition) is 9. The van der Waals surface area contributed by atoms with Gasteiger partial charge in [0.05, 0.1) is 18.2 Å². The van der Waals surface area contributed by atoms with Crippen molar-refractivity contribution in [2.24, 2.45) is 5.73 Å². The minimum Gasteiger partial charge on any atom is -0.460 e. The number of amides is 1. The summed E-state index contributed by atoms with van der Waals surface area (Å²) in [4.78, 5) is 18.0. The molecule has 0 aliphatic carbocycles. The molecular formula is C23H32F3N5O4S. The molecule has 4 heterocycles. The second kappa shape index (κ2) is 14.8. The van der Waals surface area contributed by atoms with Crippen molar-refractivity contribution in [2.75, 3.05) is 32.8 Å². The number of terminal acetylenes is 1. The van der Waals surface area contributed by atoms with E-state index >= 15 is 0 Å². The van der Waals surface area contributed by atoms with Gasteiger partial charge in [-0.3, -0.25) is 4.79 Å². The van der Waals surface area contributed by atoms with Crippen LogP contribution in [0.5, 0.6) is 5.19 Å². The number of carbonyl (C=O) groups excluding carboxylic acids is 1. The van der Waals surface area contributed by atoms with Gasteiger partial charge in [-0.1, -0.05) is 21.7 Å². The van der Waals surface area contributed by atoms with Crippen molar-refractivity contribution in [3.63, 3.8) is 0 Å². The van der Waals surface area contributed by atoms with Crippen LogP contribution in [0, 0.1) is 19.8 Å². The molecule has 2 aromatic rings. The van der Waals surface area contributed by atoms with Crippen LogP contribution < -0.4 is 10.5 Å². The summed E-state index contributed by atoms with van der Waals surface area (Å²) in [7, 11) is 0. The van der Waals surface area contributed by atoms with Crippen molar-refractivity contribution in [2.45, 2.75) is 64.1 Å². The van der Waals surface area contributed by atoms with Crippen LogP contribution in [-0.2, 0) is 28.8 Å². The molecule has 36 heavy (non-hydrogen) atoms.